The highest BCUT2D eigenvalue weighted by Gasteiger charge is 2.36. The largest absolute Gasteiger partial charge is 0.416 e. The van der Waals surface area contributed by atoms with Gasteiger partial charge in [-0.3, -0.25) is 9.69 Å². The molecule has 2 atom stereocenters. The molecular formula is C24H37F3N4O. The van der Waals surface area contributed by atoms with Crippen molar-refractivity contribution in [1.82, 2.24) is 15.1 Å². The van der Waals surface area contributed by atoms with E-state index in [0.717, 1.165) is 58.2 Å². The number of likely N-dealkylation sites (tertiary alicyclic amines) is 1. The average molecular weight is 455 g/mol. The number of nitrogens with one attached hydrogen (secondary N) is 1. The van der Waals surface area contributed by atoms with Crippen LogP contribution in [0.25, 0.3) is 0 Å². The van der Waals surface area contributed by atoms with E-state index in [1.165, 1.54) is 12.1 Å². The Morgan fingerprint density at radius 1 is 1.16 bits per heavy atom. The molecule has 0 bridgehead atoms. The van der Waals surface area contributed by atoms with Crippen LogP contribution in [0.15, 0.2) is 24.3 Å². The summed E-state index contributed by atoms with van der Waals surface area (Å²) in [6.45, 7) is 12.2. The Bertz CT molecular complexity index is 747. The molecule has 8 heteroatoms. The van der Waals surface area contributed by atoms with Crippen molar-refractivity contribution in [2.45, 2.75) is 58.3 Å². The lowest BCUT2D eigenvalue weighted by Gasteiger charge is -2.48. The van der Waals surface area contributed by atoms with Gasteiger partial charge in [0.25, 0.3) is 0 Å². The highest BCUT2D eigenvalue weighted by atomic mass is 19.4. The highest BCUT2D eigenvalue weighted by molar-refractivity contribution is 5.75. The van der Waals surface area contributed by atoms with Gasteiger partial charge >= 0.3 is 6.18 Å². The fourth-order valence-electron chi connectivity index (χ4n) is 5.07. The third kappa shape index (κ3) is 6.38. The number of hydrogen-bond donors (Lipinski definition) is 1. The second kappa shape index (κ2) is 10.9. The predicted molar refractivity (Wildman–Crippen MR) is 122 cm³/mol. The second-order valence-electron chi connectivity index (χ2n) is 9.27. The van der Waals surface area contributed by atoms with Crippen molar-refractivity contribution in [3.63, 3.8) is 0 Å². The van der Waals surface area contributed by atoms with Gasteiger partial charge in [0, 0.05) is 63.5 Å². The number of piperazine rings is 1. The normalized spacial score (nSPS) is 23.5. The number of nitrogens with zero attached hydrogens (tertiary/aromatic N) is 3. The maximum atomic E-state index is 13.1. The standard InChI is InChI=1S/C24H37F3N4O/c1-4-28-23(32)9-8-19-17-31(18(2)3)11-10-22(19)30-14-12-29(13-15-30)21-7-5-6-20(16-21)24(25,26)27/h5-7,16,18-19,22H,4,8-15,17H2,1-3H3,(H,28,32)/t19-,22+/m0/s1. The molecule has 2 saturated heterocycles. The van der Waals surface area contributed by atoms with E-state index in [9.17, 15) is 18.0 Å². The summed E-state index contributed by atoms with van der Waals surface area (Å²) in [5.41, 5.74) is 0.0470. The zero-order chi connectivity index (χ0) is 23.3. The van der Waals surface area contributed by atoms with Crippen LogP contribution in [0.1, 0.15) is 45.6 Å². The first-order chi connectivity index (χ1) is 15.2. The number of hydrogen-bond acceptors (Lipinski definition) is 4. The Morgan fingerprint density at radius 3 is 2.50 bits per heavy atom. The molecule has 2 heterocycles. The predicted octanol–water partition coefficient (Wildman–Crippen LogP) is 3.84. The Kier molecular flexibility index (Phi) is 8.44. The third-order valence-electron chi connectivity index (χ3n) is 6.89. The summed E-state index contributed by atoms with van der Waals surface area (Å²) in [6, 6.07) is 6.54. The van der Waals surface area contributed by atoms with Gasteiger partial charge in [0.2, 0.25) is 5.91 Å². The van der Waals surface area contributed by atoms with Gasteiger partial charge in [-0.2, -0.15) is 13.2 Å². The lowest BCUT2D eigenvalue weighted by molar-refractivity contribution is -0.137. The third-order valence-corrected chi connectivity index (χ3v) is 6.89. The monoisotopic (exact) mass is 454 g/mol. The summed E-state index contributed by atoms with van der Waals surface area (Å²) in [6.07, 6.45) is -1.83. The number of carbonyl (C=O) groups is 1. The molecule has 32 heavy (non-hydrogen) atoms. The van der Waals surface area contributed by atoms with E-state index >= 15 is 0 Å². The van der Waals surface area contributed by atoms with Crippen LogP contribution >= 0.6 is 0 Å². The van der Waals surface area contributed by atoms with Gasteiger partial charge in [0.05, 0.1) is 5.56 Å². The van der Waals surface area contributed by atoms with Crippen molar-refractivity contribution >= 4 is 11.6 Å². The molecule has 0 aromatic heterocycles. The molecule has 2 aliphatic rings. The number of piperidine rings is 1. The molecule has 0 unspecified atom stereocenters. The van der Waals surface area contributed by atoms with Gasteiger partial charge in [0.1, 0.15) is 0 Å². The van der Waals surface area contributed by atoms with E-state index in [1.54, 1.807) is 6.07 Å². The van der Waals surface area contributed by atoms with E-state index < -0.39 is 11.7 Å². The fraction of sp³-hybridized carbons (Fsp3) is 0.708. The van der Waals surface area contributed by atoms with Crippen molar-refractivity contribution in [1.29, 1.82) is 0 Å². The number of anilines is 1. The summed E-state index contributed by atoms with van der Waals surface area (Å²) in [5, 5.41) is 2.90. The lowest BCUT2D eigenvalue weighted by Crippen LogP contribution is -2.57. The number of alkyl halides is 3. The molecule has 2 fully saturated rings. The molecule has 5 nitrogen and oxygen atoms in total. The molecule has 1 aromatic carbocycles. The number of halogens is 3. The first-order valence-corrected chi connectivity index (χ1v) is 11.9. The Labute approximate surface area is 189 Å². The minimum Gasteiger partial charge on any atom is -0.369 e. The van der Waals surface area contributed by atoms with Gasteiger partial charge < -0.3 is 15.1 Å². The highest BCUT2D eigenvalue weighted by Crippen LogP contribution is 2.33. The van der Waals surface area contributed by atoms with Crippen LogP contribution in [0.2, 0.25) is 0 Å². The molecule has 2 aliphatic heterocycles. The first-order valence-electron chi connectivity index (χ1n) is 11.9. The molecule has 3 rings (SSSR count). The van der Waals surface area contributed by atoms with Crippen LogP contribution in [0.3, 0.4) is 0 Å². The molecule has 1 amide bonds. The van der Waals surface area contributed by atoms with Gasteiger partial charge in [-0.25, -0.2) is 0 Å². The summed E-state index contributed by atoms with van der Waals surface area (Å²) >= 11 is 0. The summed E-state index contributed by atoms with van der Waals surface area (Å²) < 4.78 is 39.3. The van der Waals surface area contributed by atoms with E-state index in [4.69, 9.17) is 0 Å². The average Bonchev–Trinajstić information content (AvgIpc) is 2.77. The minimum absolute atomic E-state index is 0.113. The van der Waals surface area contributed by atoms with Crippen molar-refractivity contribution in [3.05, 3.63) is 29.8 Å². The molecule has 0 saturated carbocycles. The van der Waals surface area contributed by atoms with Crippen molar-refractivity contribution in [3.8, 4) is 0 Å². The lowest BCUT2D eigenvalue weighted by atomic mass is 9.86. The zero-order valence-electron chi connectivity index (χ0n) is 19.5. The molecule has 1 N–H and O–H groups in total. The van der Waals surface area contributed by atoms with Gasteiger partial charge in [-0.05, 0) is 64.3 Å². The van der Waals surface area contributed by atoms with E-state index in [2.05, 4.69) is 33.9 Å². The van der Waals surface area contributed by atoms with Crippen molar-refractivity contribution < 1.29 is 18.0 Å². The molecule has 0 spiro atoms. The van der Waals surface area contributed by atoms with E-state index in [-0.39, 0.29) is 5.91 Å². The maximum Gasteiger partial charge on any atom is 0.416 e. The van der Waals surface area contributed by atoms with Crippen molar-refractivity contribution in [2.75, 3.05) is 50.7 Å². The molecule has 180 valence electrons. The smallest absolute Gasteiger partial charge is 0.369 e. The van der Waals surface area contributed by atoms with Crippen LogP contribution in [-0.4, -0.2) is 73.6 Å². The van der Waals surface area contributed by atoms with Crippen LogP contribution in [0.5, 0.6) is 0 Å². The van der Waals surface area contributed by atoms with E-state index in [1.807, 2.05) is 6.92 Å². The topological polar surface area (TPSA) is 38.8 Å². The summed E-state index contributed by atoms with van der Waals surface area (Å²) in [7, 11) is 0. The molecule has 1 aromatic rings. The Hall–Kier alpha value is -1.80. The number of benzene rings is 1. The number of carbonyl (C=O) groups excluding carboxylic acids is 1. The van der Waals surface area contributed by atoms with Crippen LogP contribution in [-0.2, 0) is 11.0 Å². The first kappa shape index (κ1) is 24.8. The van der Waals surface area contributed by atoms with Crippen LogP contribution in [0, 0.1) is 5.92 Å². The van der Waals surface area contributed by atoms with Gasteiger partial charge in [-0.1, -0.05) is 6.07 Å². The van der Waals surface area contributed by atoms with Gasteiger partial charge in [0.15, 0.2) is 0 Å². The van der Waals surface area contributed by atoms with Crippen LogP contribution < -0.4 is 10.2 Å². The SMILES string of the molecule is CCNC(=O)CC[C@H]1CN(C(C)C)CC[C@H]1N1CCN(c2cccc(C(F)(F)F)c2)CC1. The summed E-state index contributed by atoms with van der Waals surface area (Å²) in [5.74, 6) is 0.538. The Balaban J connectivity index is 1.62. The van der Waals surface area contributed by atoms with Gasteiger partial charge in [-0.15, -0.1) is 0 Å². The fourth-order valence-corrected chi connectivity index (χ4v) is 5.07. The molecule has 0 radical (unpaired) electrons. The maximum absolute atomic E-state index is 13.1. The number of rotatable bonds is 7. The Morgan fingerprint density at radius 2 is 1.88 bits per heavy atom. The summed E-state index contributed by atoms with van der Waals surface area (Å²) in [4.78, 5) is 19.1. The van der Waals surface area contributed by atoms with E-state index in [0.29, 0.717) is 36.7 Å². The minimum atomic E-state index is -4.32. The molecular weight excluding hydrogens is 417 g/mol. The van der Waals surface area contributed by atoms with Crippen LogP contribution in [0.4, 0.5) is 18.9 Å². The second-order valence-corrected chi connectivity index (χ2v) is 9.27. The molecule has 0 aliphatic carbocycles. The zero-order valence-corrected chi connectivity index (χ0v) is 19.5. The van der Waals surface area contributed by atoms with Crippen molar-refractivity contribution in [2.24, 2.45) is 5.92 Å². The number of amides is 1. The quantitative estimate of drug-likeness (QED) is 0.680.